The number of pyridine rings is 1. The Morgan fingerprint density at radius 1 is 1.18 bits per heavy atom. The molecule has 3 rings (SSSR count). The second kappa shape index (κ2) is 11.3. The van der Waals surface area contributed by atoms with Gasteiger partial charge < -0.3 is 25.5 Å². The maximum absolute atomic E-state index is 13.4. The lowest BCUT2D eigenvalue weighted by Gasteiger charge is -2.29. The predicted octanol–water partition coefficient (Wildman–Crippen LogP) is 1.42. The Morgan fingerprint density at radius 2 is 1.91 bits per heavy atom. The lowest BCUT2D eigenvalue weighted by atomic mass is 9.74. The number of hydrogen-bond donors (Lipinski definition) is 4. The molecule has 1 aromatic heterocycles. The second-order valence-corrected chi connectivity index (χ2v) is 9.06. The standard InChI is InChI=1S/C24H31BN4O5/c1-16(2)12-20(25(32)33)28-23(31)24(13-18-9-5-4-6-10-18)14-19(29-34-24)15-27-22(30)21-17(3)8-7-11-26-21/h4-11,16,20,32-33H,12-15H2,1-3H3,(H,27,30)(H,28,31)/t20-,24?/m0/s1. The average molecular weight is 466 g/mol. The first-order valence-corrected chi connectivity index (χ1v) is 11.3. The van der Waals surface area contributed by atoms with Gasteiger partial charge in [-0.2, -0.15) is 0 Å². The minimum Gasteiger partial charge on any atom is -0.426 e. The molecule has 0 aliphatic carbocycles. The van der Waals surface area contributed by atoms with Crippen LogP contribution in [0.2, 0.25) is 0 Å². The van der Waals surface area contributed by atoms with Gasteiger partial charge in [-0.15, -0.1) is 0 Å². The van der Waals surface area contributed by atoms with E-state index in [4.69, 9.17) is 4.84 Å². The van der Waals surface area contributed by atoms with E-state index < -0.39 is 24.6 Å². The van der Waals surface area contributed by atoms with E-state index in [1.54, 1.807) is 25.3 Å². The molecular formula is C24H31BN4O5. The van der Waals surface area contributed by atoms with E-state index in [1.165, 1.54) is 0 Å². The third kappa shape index (κ3) is 6.42. The number of carbonyl (C=O) groups excluding carboxylic acids is 2. The number of hydrogen-bond acceptors (Lipinski definition) is 7. The van der Waals surface area contributed by atoms with Gasteiger partial charge in [0.15, 0.2) is 0 Å². The van der Waals surface area contributed by atoms with Gasteiger partial charge in [-0.05, 0) is 36.5 Å². The number of aromatic nitrogens is 1. The smallest absolute Gasteiger partial charge is 0.426 e. The van der Waals surface area contributed by atoms with Gasteiger partial charge in [0.2, 0.25) is 5.60 Å². The molecule has 0 bridgehead atoms. The summed E-state index contributed by atoms with van der Waals surface area (Å²) in [6.07, 6.45) is 2.32. The van der Waals surface area contributed by atoms with Crippen LogP contribution in [0, 0.1) is 12.8 Å². The maximum atomic E-state index is 13.4. The Kier molecular flexibility index (Phi) is 8.41. The Labute approximate surface area is 199 Å². The highest BCUT2D eigenvalue weighted by molar-refractivity contribution is 6.43. The summed E-state index contributed by atoms with van der Waals surface area (Å²) in [4.78, 5) is 35.7. The lowest BCUT2D eigenvalue weighted by molar-refractivity contribution is -0.144. The van der Waals surface area contributed by atoms with Crippen molar-refractivity contribution in [3.05, 3.63) is 65.5 Å². The summed E-state index contributed by atoms with van der Waals surface area (Å²) in [6.45, 7) is 5.76. The average Bonchev–Trinajstić information content (AvgIpc) is 3.21. The molecular weight excluding hydrogens is 435 g/mol. The van der Waals surface area contributed by atoms with Crippen LogP contribution in [0.3, 0.4) is 0 Å². The van der Waals surface area contributed by atoms with E-state index in [0.29, 0.717) is 17.8 Å². The van der Waals surface area contributed by atoms with Crippen molar-refractivity contribution < 1.29 is 24.5 Å². The van der Waals surface area contributed by atoms with Crippen LogP contribution in [-0.4, -0.2) is 57.8 Å². The highest BCUT2D eigenvalue weighted by atomic mass is 16.7. The number of nitrogens with one attached hydrogen (secondary N) is 2. The lowest BCUT2D eigenvalue weighted by Crippen LogP contribution is -2.56. The van der Waals surface area contributed by atoms with Gasteiger partial charge >= 0.3 is 7.12 Å². The molecule has 1 unspecified atom stereocenters. The van der Waals surface area contributed by atoms with Gasteiger partial charge in [0.05, 0.1) is 18.2 Å². The fraction of sp³-hybridized carbons (Fsp3) is 0.417. The first-order chi connectivity index (χ1) is 16.2. The van der Waals surface area contributed by atoms with Gasteiger partial charge in [-0.25, -0.2) is 0 Å². The van der Waals surface area contributed by atoms with Crippen molar-refractivity contribution >= 4 is 24.6 Å². The highest BCUT2D eigenvalue weighted by Gasteiger charge is 2.48. The number of oxime groups is 1. The SMILES string of the molecule is Cc1cccnc1C(=O)NCC1=NOC(Cc2ccccc2)(C(=O)N[C@@H](CC(C)C)B(O)O)C1. The van der Waals surface area contributed by atoms with Gasteiger partial charge in [0, 0.05) is 19.0 Å². The van der Waals surface area contributed by atoms with Crippen molar-refractivity contribution in [2.45, 2.75) is 51.6 Å². The number of rotatable bonds is 10. The van der Waals surface area contributed by atoms with Gasteiger partial charge in [0.25, 0.3) is 11.8 Å². The first-order valence-electron chi connectivity index (χ1n) is 11.3. The molecule has 2 heterocycles. The van der Waals surface area contributed by atoms with Gasteiger partial charge in [0.1, 0.15) is 5.69 Å². The molecule has 0 saturated heterocycles. The molecule has 0 radical (unpaired) electrons. The first kappa shape index (κ1) is 25.4. The summed E-state index contributed by atoms with van der Waals surface area (Å²) in [7, 11) is -1.71. The predicted molar refractivity (Wildman–Crippen MR) is 129 cm³/mol. The molecule has 2 aromatic rings. The summed E-state index contributed by atoms with van der Waals surface area (Å²) in [6, 6.07) is 12.9. The zero-order valence-corrected chi connectivity index (χ0v) is 19.7. The molecule has 4 N–H and O–H groups in total. The van der Waals surface area contributed by atoms with Crippen LogP contribution in [0.25, 0.3) is 0 Å². The zero-order valence-electron chi connectivity index (χ0n) is 19.7. The molecule has 2 atom stereocenters. The summed E-state index contributed by atoms with van der Waals surface area (Å²) < 4.78 is 0. The second-order valence-electron chi connectivity index (χ2n) is 9.06. The number of aryl methyl sites for hydroxylation is 1. The Balaban J connectivity index is 1.73. The molecule has 10 heteroatoms. The summed E-state index contributed by atoms with van der Waals surface area (Å²) >= 11 is 0. The topological polar surface area (TPSA) is 133 Å². The van der Waals surface area contributed by atoms with Crippen LogP contribution >= 0.6 is 0 Å². The number of carbonyl (C=O) groups is 2. The van der Waals surface area contributed by atoms with Crippen LogP contribution in [0.4, 0.5) is 0 Å². The molecule has 0 fully saturated rings. The molecule has 1 aliphatic heterocycles. The van der Waals surface area contributed by atoms with E-state index in [0.717, 1.165) is 11.1 Å². The third-order valence-corrected chi connectivity index (χ3v) is 5.66. The fourth-order valence-corrected chi connectivity index (χ4v) is 3.92. The zero-order chi connectivity index (χ0) is 24.7. The maximum Gasteiger partial charge on any atom is 0.475 e. The van der Waals surface area contributed by atoms with Crippen molar-refractivity contribution in [3.8, 4) is 0 Å². The van der Waals surface area contributed by atoms with Crippen molar-refractivity contribution in [1.82, 2.24) is 15.6 Å². The monoisotopic (exact) mass is 466 g/mol. The molecule has 0 spiro atoms. The molecule has 180 valence electrons. The Morgan fingerprint density at radius 3 is 2.56 bits per heavy atom. The van der Waals surface area contributed by atoms with Crippen LogP contribution in [0.5, 0.6) is 0 Å². The summed E-state index contributed by atoms with van der Waals surface area (Å²) in [5, 5.41) is 29.2. The largest absolute Gasteiger partial charge is 0.475 e. The van der Waals surface area contributed by atoms with Gasteiger partial charge in [-0.1, -0.05) is 55.4 Å². The van der Waals surface area contributed by atoms with Crippen molar-refractivity contribution in [2.75, 3.05) is 6.54 Å². The minimum atomic E-state index is -1.71. The van der Waals surface area contributed by atoms with Crippen molar-refractivity contribution in [3.63, 3.8) is 0 Å². The molecule has 1 aliphatic rings. The Hall–Kier alpha value is -3.24. The van der Waals surface area contributed by atoms with Crippen molar-refractivity contribution in [2.24, 2.45) is 11.1 Å². The summed E-state index contributed by atoms with van der Waals surface area (Å²) in [5.74, 6) is -1.54. The van der Waals surface area contributed by atoms with Crippen LogP contribution in [0.15, 0.2) is 53.8 Å². The quantitative estimate of drug-likeness (QED) is 0.392. The number of benzene rings is 1. The van der Waals surface area contributed by atoms with Crippen LogP contribution in [-0.2, 0) is 16.1 Å². The van der Waals surface area contributed by atoms with Crippen LogP contribution < -0.4 is 10.6 Å². The fourth-order valence-electron chi connectivity index (χ4n) is 3.92. The molecule has 2 amide bonds. The van der Waals surface area contributed by atoms with Crippen LogP contribution in [0.1, 0.15) is 48.3 Å². The summed E-state index contributed by atoms with van der Waals surface area (Å²) in [5.41, 5.74) is 1.07. The highest BCUT2D eigenvalue weighted by Crippen LogP contribution is 2.29. The molecule has 34 heavy (non-hydrogen) atoms. The van der Waals surface area contributed by atoms with E-state index >= 15 is 0 Å². The van der Waals surface area contributed by atoms with Crippen molar-refractivity contribution in [1.29, 1.82) is 0 Å². The minimum absolute atomic E-state index is 0.0940. The van der Waals surface area contributed by atoms with E-state index in [2.05, 4.69) is 20.8 Å². The number of amides is 2. The normalized spacial score (nSPS) is 18.1. The van der Waals surface area contributed by atoms with Gasteiger partial charge in [-0.3, -0.25) is 14.6 Å². The third-order valence-electron chi connectivity index (χ3n) is 5.66. The number of nitrogens with zero attached hydrogens (tertiary/aromatic N) is 2. The molecule has 1 aromatic carbocycles. The Bertz CT molecular complexity index is 1030. The molecule has 0 saturated carbocycles. The van der Waals surface area contributed by atoms with E-state index in [1.807, 2.05) is 44.2 Å². The molecule has 9 nitrogen and oxygen atoms in total. The van der Waals surface area contributed by atoms with E-state index in [9.17, 15) is 19.6 Å². The van der Waals surface area contributed by atoms with E-state index in [-0.39, 0.29) is 31.2 Å².